The van der Waals surface area contributed by atoms with Crippen molar-refractivity contribution in [3.63, 3.8) is 0 Å². The van der Waals surface area contributed by atoms with Gasteiger partial charge in [-0.25, -0.2) is 0 Å². The second-order valence-corrected chi connectivity index (χ2v) is 5.94. The highest BCUT2D eigenvalue weighted by molar-refractivity contribution is 6.03. The van der Waals surface area contributed by atoms with Crippen molar-refractivity contribution in [2.75, 3.05) is 10.6 Å². The van der Waals surface area contributed by atoms with E-state index in [1.165, 1.54) is 6.08 Å². The fraction of sp³-hybridized carbons (Fsp3) is 0.278. The molecule has 0 aliphatic rings. The van der Waals surface area contributed by atoms with Crippen molar-refractivity contribution in [3.05, 3.63) is 47.8 Å². The Kier molecular flexibility index (Phi) is 5.52. The lowest BCUT2D eigenvalue weighted by atomic mass is 10.1. The zero-order chi connectivity index (χ0) is 17.7. The molecule has 0 unspecified atom stereocenters. The molecule has 1 aromatic carbocycles. The lowest BCUT2D eigenvalue weighted by Crippen LogP contribution is -2.18. The van der Waals surface area contributed by atoms with Crippen LogP contribution < -0.4 is 10.6 Å². The first kappa shape index (κ1) is 17.5. The Morgan fingerprint density at radius 3 is 2.62 bits per heavy atom. The van der Waals surface area contributed by atoms with E-state index in [1.54, 1.807) is 23.0 Å². The van der Waals surface area contributed by atoms with Gasteiger partial charge in [-0.1, -0.05) is 19.9 Å². The average molecular weight is 326 g/mol. The molecule has 6 heteroatoms. The van der Waals surface area contributed by atoms with Gasteiger partial charge >= 0.3 is 0 Å². The number of carbonyl (C=O) groups is 2. The summed E-state index contributed by atoms with van der Waals surface area (Å²) in [6, 6.07) is 5.43. The molecule has 2 amide bonds. The molecule has 0 saturated carbocycles. The molecule has 0 saturated heterocycles. The van der Waals surface area contributed by atoms with Gasteiger partial charge in [0.15, 0.2) is 0 Å². The Labute approximate surface area is 141 Å². The molecule has 2 aromatic rings. The van der Waals surface area contributed by atoms with E-state index in [1.807, 2.05) is 46.1 Å². The van der Waals surface area contributed by atoms with Crippen molar-refractivity contribution >= 4 is 29.3 Å². The van der Waals surface area contributed by atoms with Crippen LogP contribution in [0.15, 0.2) is 36.7 Å². The van der Waals surface area contributed by atoms with Crippen LogP contribution in [0.5, 0.6) is 0 Å². The number of amides is 2. The van der Waals surface area contributed by atoms with Crippen LogP contribution in [0.2, 0.25) is 0 Å². The third-order valence-electron chi connectivity index (χ3n) is 3.44. The minimum Gasteiger partial charge on any atom is -0.326 e. The van der Waals surface area contributed by atoms with Gasteiger partial charge in [0.05, 0.1) is 6.20 Å². The molecule has 1 heterocycles. The molecular weight excluding hydrogens is 304 g/mol. The molecule has 6 nitrogen and oxygen atoms in total. The number of aromatic nitrogens is 2. The van der Waals surface area contributed by atoms with Gasteiger partial charge in [0.1, 0.15) is 0 Å². The summed E-state index contributed by atoms with van der Waals surface area (Å²) in [6.45, 7) is 5.55. The number of benzene rings is 1. The zero-order valence-electron chi connectivity index (χ0n) is 14.3. The van der Waals surface area contributed by atoms with Gasteiger partial charge in [0.2, 0.25) is 11.8 Å². The monoisotopic (exact) mass is 326 g/mol. The Morgan fingerprint density at radius 1 is 1.25 bits per heavy atom. The zero-order valence-corrected chi connectivity index (χ0v) is 14.3. The Morgan fingerprint density at radius 2 is 2.00 bits per heavy atom. The normalized spacial score (nSPS) is 11.0. The Bertz CT molecular complexity index is 775. The van der Waals surface area contributed by atoms with Gasteiger partial charge in [-0.2, -0.15) is 5.10 Å². The largest absolute Gasteiger partial charge is 0.326 e. The summed E-state index contributed by atoms with van der Waals surface area (Å²) in [5.74, 6) is -0.409. The van der Waals surface area contributed by atoms with Gasteiger partial charge < -0.3 is 10.6 Å². The number of anilines is 2. The third-order valence-corrected chi connectivity index (χ3v) is 3.44. The lowest BCUT2D eigenvalue weighted by Gasteiger charge is -2.11. The van der Waals surface area contributed by atoms with Crippen LogP contribution in [-0.4, -0.2) is 21.6 Å². The van der Waals surface area contributed by atoms with Crippen LogP contribution in [0.1, 0.15) is 25.0 Å². The maximum atomic E-state index is 12.1. The predicted octanol–water partition coefficient (Wildman–Crippen LogP) is 2.97. The summed E-state index contributed by atoms with van der Waals surface area (Å²) in [5.41, 5.74) is 3.09. The predicted molar refractivity (Wildman–Crippen MR) is 95.5 cm³/mol. The minimum atomic E-state index is -0.241. The van der Waals surface area contributed by atoms with Crippen molar-refractivity contribution in [2.24, 2.45) is 13.0 Å². The maximum Gasteiger partial charge on any atom is 0.248 e. The van der Waals surface area contributed by atoms with Crippen LogP contribution in [-0.2, 0) is 16.6 Å². The quantitative estimate of drug-likeness (QED) is 0.829. The van der Waals surface area contributed by atoms with E-state index in [4.69, 9.17) is 0 Å². The summed E-state index contributed by atoms with van der Waals surface area (Å²) in [5, 5.41) is 9.69. The van der Waals surface area contributed by atoms with Gasteiger partial charge in [0.25, 0.3) is 0 Å². The highest BCUT2D eigenvalue weighted by atomic mass is 16.2. The standard InChI is InChI=1S/C18H22N4O2/c1-12(2)18(24)20-15-7-5-13(3)16(9-15)21-17(23)8-6-14-10-19-22(4)11-14/h5-12H,1-4H3,(H,20,24)(H,21,23)/b8-6+. The molecule has 0 aliphatic carbocycles. The number of nitrogens with one attached hydrogen (secondary N) is 2. The smallest absolute Gasteiger partial charge is 0.248 e. The summed E-state index contributed by atoms with van der Waals surface area (Å²) in [7, 11) is 1.82. The lowest BCUT2D eigenvalue weighted by molar-refractivity contribution is -0.119. The average Bonchev–Trinajstić information content (AvgIpc) is 2.94. The molecule has 2 N–H and O–H groups in total. The van der Waals surface area contributed by atoms with E-state index in [0.29, 0.717) is 11.4 Å². The van der Waals surface area contributed by atoms with Crippen LogP contribution in [0.25, 0.3) is 6.08 Å². The number of hydrogen-bond donors (Lipinski definition) is 2. The fourth-order valence-electron chi connectivity index (χ4n) is 1.99. The first-order valence-electron chi connectivity index (χ1n) is 7.74. The van der Waals surface area contributed by atoms with Crippen LogP contribution in [0, 0.1) is 12.8 Å². The number of aryl methyl sites for hydroxylation is 2. The Hall–Kier alpha value is -2.89. The number of rotatable bonds is 5. The number of hydrogen-bond acceptors (Lipinski definition) is 3. The highest BCUT2D eigenvalue weighted by Gasteiger charge is 2.09. The van der Waals surface area contributed by atoms with Crippen LogP contribution in [0.3, 0.4) is 0 Å². The SMILES string of the molecule is Cc1ccc(NC(=O)C(C)C)cc1NC(=O)/C=C/c1cnn(C)c1. The third kappa shape index (κ3) is 4.81. The molecule has 2 rings (SSSR count). The van der Waals surface area contributed by atoms with Crippen molar-refractivity contribution < 1.29 is 9.59 Å². The van der Waals surface area contributed by atoms with Gasteiger partial charge in [-0.05, 0) is 30.7 Å². The fourth-order valence-corrected chi connectivity index (χ4v) is 1.99. The molecule has 0 spiro atoms. The van der Waals surface area contributed by atoms with Crippen molar-refractivity contribution in [1.29, 1.82) is 0 Å². The minimum absolute atomic E-state index is 0.0624. The number of carbonyl (C=O) groups excluding carboxylic acids is 2. The van der Waals surface area contributed by atoms with Gasteiger partial charge in [0, 0.05) is 42.2 Å². The van der Waals surface area contributed by atoms with Gasteiger partial charge in [-0.3, -0.25) is 14.3 Å². The van der Waals surface area contributed by atoms with E-state index >= 15 is 0 Å². The van der Waals surface area contributed by atoms with Crippen molar-refractivity contribution in [3.8, 4) is 0 Å². The first-order chi connectivity index (χ1) is 11.3. The van der Waals surface area contributed by atoms with Crippen LogP contribution >= 0.6 is 0 Å². The summed E-state index contributed by atoms with van der Waals surface area (Å²) >= 11 is 0. The molecule has 0 bridgehead atoms. The van der Waals surface area contributed by atoms with Crippen LogP contribution in [0.4, 0.5) is 11.4 Å². The topological polar surface area (TPSA) is 76.0 Å². The van der Waals surface area contributed by atoms with E-state index in [-0.39, 0.29) is 17.7 Å². The number of nitrogens with zero attached hydrogens (tertiary/aromatic N) is 2. The second kappa shape index (κ2) is 7.59. The van der Waals surface area contributed by atoms with E-state index in [0.717, 1.165) is 11.1 Å². The highest BCUT2D eigenvalue weighted by Crippen LogP contribution is 2.21. The summed E-state index contributed by atoms with van der Waals surface area (Å²) in [6.07, 6.45) is 6.64. The molecule has 1 aromatic heterocycles. The van der Waals surface area contributed by atoms with E-state index in [9.17, 15) is 9.59 Å². The first-order valence-corrected chi connectivity index (χ1v) is 7.74. The molecular formula is C18H22N4O2. The van der Waals surface area contributed by atoms with E-state index in [2.05, 4.69) is 15.7 Å². The molecule has 0 aliphatic heterocycles. The van der Waals surface area contributed by atoms with Crippen molar-refractivity contribution in [1.82, 2.24) is 9.78 Å². The molecule has 126 valence electrons. The summed E-state index contributed by atoms with van der Waals surface area (Å²) < 4.78 is 1.67. The second-order valence-electron chi connectivity index (χ2n) is 5.94. The van der Waals surface area contributed by atoms with Crippen molar-refractivity contribution in [2.45, 2.75) is 20.8 Å². The Balaban J connectivity index is 2.06. The molecule has 0 radical (unpaired) electrons. The molecule has 0 fully saturated rings. The molecule has 24 heavy (non-hydrogen) atoms. The summed E-state index contributed by atoms with van der Waals surface area (Å²) in [4.78, 5) is 23.8. The van der Waals surface area contributed by atoms with E-state index < -0.39 is 0 Å². The van der Waals surface area contributed by atoms with Gasteiger partial charge in [-0.15, -0.1) is 0 Å². The maximum absolute atomic E-state index is 12.1. The molecule has 0 atom stereocenters.